The molecule has 1 aromatic carbocycles. The van der Waals surface area contributed by atoms with Crippen LogP contribution < -0.4 is 15.4 Å². The molecule has 0 aromatic heterocycles. The molecule has 0 bridgehead atoms. The number of carbonyl (C=O) groups excluding carboxylic acids is 1. The molecule has 0 aliphatic rings. The zero-order chi connectivity index (χ0) is 15.9. The first-order valence-corrected chi connectivity index (χ1v) is 8.12. The number of carbonyl (C=O) groups is 1. The van der Waals surface area contributed by atoms with Crippen molar-refractivity contribution >= 4 is 15.9 Å². The largest absolute Gasteiger partial charge is 0.353 e. The van der Waals surface area contributed by atoms with Gasteiger partial charge in [-0.3, -0.25) is 4.79 Å². The van der Waals surface area contributed by atoms with Crippen molar-refractivity contribution in [3.63, 3.8) is 0 Å². The van der Waals surface area contributed by atoms with Gasteiger partial charge >= 0.3 is 0 Å². The third-order valence-electron chi connectivity index (χ3n) is 2.70. The standard InChI is InChI=1S/C13H20FN3O3S/c1-3-15-8-9-16-13(18)10(2)17-21(19,20)12-7-5-4-6-11(12)14/h4-7,10,15,17H,3,8-9H2,1-2H3,(H,16,18). The SMILES string of the molecule is CCNCCNC(=O)C(C)NS(=O)(=O)c1ccccc1F. The molecule has 0 spiro atoms. The molecule has 0 fully saturated rings. The van der Waals surface area contributed by atoms with Crippen LogP contribution in [0.3, 0.4) is 0 Å². The molecule has 1 atom stereocenters. The van der Waals surface area contributed by atoms with E-state index in [9.17, 15) is 17.6 Å². The first-order chi connectivity index (χ1) is 9.88. The summed E-state index contributed by atoms with van der Waals surface area (Å²) < 4.78 is 39.7. The Kier molecular flexibility index (Phi) is 6.73. The maximum Gasteiger partial charge on any atom is 0.244 e. The highest BCUT2D eigenvalue weighted by atomic mass is 32.2. The molecule has 21 heavy (non-hydrogen) atoms. The lowest BCUT2D eigenvalue weighted by Crippen LogP contribution is -2.46. The van der Waals surface area contributed by atoms with Gasteiger partial charge in [0.05, 0.1) is 6.04 Å². The van der Waals surface area contributed by atoms with Crippen LogP contribution in [-0.4, -0.2) is 40.0 Å². The van der Waals surface area contributed by atoms with E-state index in [-0.39, 0.29) is 0 Å². The van der Waals surface area contributed by atoms with Gasteiger partial charge in [0.15, 0.2) is 0 Å². The Balaban J connectivity index is 2.63. The monoisotopic (exact) mass is 317 g/mol. The van der Waals surface area contributed by atoms with Gasteiger partial charge in [-0.1, -0.05) is 19.1 Å². The minimum Gasteiger partial charge on any atom is -0.353 e. The number of hydrogen-bond donors (Lipinski definition) is 3. The van der Waals surface area contributed by atoms with Gasteiger partial charge in [0.25, 0.3) is 0 Å². The van der Waals surface area contributed by atoms with Gasteiger partial charge in [-0.15, -0.1) is 0 Å². The minimum absolute atomic E-state index is 0.387. The fourth-order valence-corrected chi connectivity index (χ4v) is 2.90. The molecule has 0 aliphatic carbocycles. The molecule has 8 heteroatoms. The maximum atomic E-state index is 13.5. The number of sulfonamides is 1. The lowest BCUT2D eigenvalue weighted by molar-refractivity contribution is -0.122. The first kappa shape index (κ1) is 17.5. The van der Waals surface area contributed by atoms with E-state index in [0.717, 1.165) is 18.7 Å². The molecule has 6 nitrogen and oxygen atoms in total. The van der Waals surface area contributed by atoms with Crippen molar-refractivity contribution < 1.29 is 17.6 Å². The number of nitrogens with one attached hydrogen (secondary N) is 3. The minimum atomic E-state index is -4.07. The summed E-state index contributed by atoms with van der Waals surface area (Å²) in [6.45, 7) is 5.10. The molecule has 118 valence electrons. The van der Waals surface area contributed by atoms with E-state index in [1.54, 1.807) is 0 Å². The van der Waals surface area contributed by atoms with Gasteiger partial charge in [-0.25, -0.2) is 12.8 Å². The van der Waals surface area contributed by atoms with Crippen LogP contribution in [0.4, 0.5) is 4.39 Å². The van der Waals surface area contributed by atoms with Crippen LogP contribution in [0.25, 0.3) is 0 Å². The number of amides is 1. The van der Waals surface area contributed by atoms with E-state index in [0.29, 0.717) is 13.1 Å². The number of rotatable bonds is 8. The van der Waals surface area contributed by atoms with E-state index in [1.165, 1.54) is 19.1 Å². The highest BCUT2D eigenvalue weighted by Crippen LogP contribution is 2.13. The van der Waals surface area contributed by atoms with E-state index in [4.69, 9.17) is 0 Å². The first-order valence-electron chi connectivity index (χ1n) is 6.63. The smallest absolute Gasteiger partial charge is 0.244 e. The lowest BCUT2D eigenvalue weighted by atomic mass is 10.3. The van der Waals surface area contributed by atoms with Crippen LogP contribution in [0.2, 0.25) is 0 Å². The maximum absolute atomic E-state index is 13.5. The number of benzene rings is 1. The van der Waals surface area contributed by atoms with E-state index >= 15 is 0 Å². The zero-order valence-electron chi connectivity index (χ0n) is 12.0. The Hall–Kier alpha value is -1.51. The summed E-state index contributed by atoms with van der Waals surface area (Å²) in [6, 6.07) is 4.02. The van der Waals surface area contributed by atoms with Crippen molar-refractivity contribution in [3.8, 4) is 0 Å². The molecule has 0 aliphatic heterocycles. The number of likely N-dealkylation sites (N-methyl/N-ethyl adjacent to an activating group) is 1. The fourth-order valence-electron chi connectivity index (χ4n) is 1.62. The summed E-state index contributed by atoms with van der Waals surface area (Å²) in [4.78, 5) is 11.3. The van der Waals surface area contributed by atoms with Crippen molar-refractivity contribution in [3.05, 3.63) is 30.1 Å². The van der Waals surface area contributed by atoms with Crippen LogP contribution in [0.1, 0.15) is 13.8 Å². The summed E-state index contributed by atoms with van der Waals surface area (Å²) in [7, 11) is -4.07. The second-order valence-electron chi connectivity index (χ2n) is 4.42. The predicted octanol–water partition coefficient (Wildman–Crippen LogP) is 0.218. The highest BCUT2D eigenvalue weighted by Gasteiger charge is 2.24. The van der Waals surface area contributed by atoms with Crippen molar-refractivity contribution in [2.75, 3.05) is 19.6 Å². The molecule has 0 radical (unpaired) electrons. The van der Waals surface area contributed by atoms with Gasteiger partial charge in [0.2, 0.25) is 15.9 Å². The second kappa shape index (κ2) is 8.06. The van der Waals surface area contributed by atoms with Crippen LogP contribution >= 0.6 is 0 Å². The van der Waals surface area contributed by atoms with Crippen LogP contribution in [0, 0.1) is 5.82 Å². The van der Waals surface area contributed by atoms with E-state index in [1.807, 2.05) is 6.92 Å². The van der Waals surface area contributed by atoms with Crippen molar-refractivity contribution in [2.24, 2.45) is 0 Å². The molecule has 1 rings (SSSR count). The predicted molar refractivity (Wildman–Crippen MR) is 77.7 cm³/mol. The second-order valence-corrected chi connectivity index (χ2v) is 6.10. The van der Waals surface area contributed by atoms with Crippen molar-refractivity contribution in [1.29, 1.82) is 0 Å². The van der Waals surface area contributed by atoms with Gasteiger partial charge in [0.1, 0.15) is 10.7 Å². The summed E-state index contributed by atoms with van der Waals surface area (Å²) >= 11 is 0. The summed E-state index contributed by atoms with van der Waals surface area (Å²) in [5.41, 5.74) is 0. The molecule has 1 amide bonds. The van der Waals surface area contributed by atoms with Crippen LogP contribution in [-0.2, 0) is 14.8 Å². The van der Waals surface area contributed by atoms with Gasteiger partial charge in [-0.05, 0) is 25.6 Å². The van der Waals surface area contributed by atoms with Crippen molar-refractivity contribution in [2.45, 2.75) is 24.8 Å². The van der Waals surface area contributed by atoms with E-state index in [2.05, 4.69) is 15.4 Å². The quantitative estimate of drug-likeness (QED) is 0.599. The average Bonchev–Trinajstić information content (AvgIpc) is 2.43. The fraction of sp³-hybridized carbons (Fsp3) is 0.462. The Bertz CT molecular complexity index is 578. The molecule has 1 aromatic rings. The molecular formula is C13H20FN3O3S. The number of hydrogen-bond acceptors (Lipinski definition) is 4. The molecule has 0 saturated heterocycles. The van der Waals surface area contributed by atoms with Crippen LogP contribution in [0.15, 0.2) is 29.2 Å². The Morgan fingerprint density at radius 1 is 1.29 bits per heavy atom. The Morgan fingerprint density at radius 2 is 1.95 bits per heavy atom. The Labute approximate surface area is 124 Å². The molecule has 0 saturated carbocycles. The molecule has 1 unspecified atom stereocenters. The summed E-state index contributed by atoms with van der Waals surface area (Å²) in [5, 5.41) is 5.60. The third kappa shape index (κ3) is 5.41. The average molecular weight is 317 g/mol. The van der Waals surface area contributed by atoms with Crippen LogP contribution in [0.5, 0.6) is 0 Å². The topological polar surface area (TPSA) is 87.3 Å². The van der Waals surface area contributed by atoms with Gasteiger partial charge in [-0.2, -0.15) is 4.72 Å². The normalized spacial score (nSPS) is 12.9. The van der Waals surface area contributed by atoms with Gasteiger partial charge in [0, 0.05) is 13.1 Å². The summed E-state index contributed by atoms with van der Waals surface area (Å²) in [5.74, 6) is -1.32. The highest BCUT2D eigenvalue weighted by molar-refractivity contribution is 7.89. The van der Waals surface area contributed by atoms with Crippen molar-refractivity contribution in [1.82, 2.24) is 15.4 Å². The molecule has 3 N–H and O–H groups in total. The number of halogens is 1. The zero-order valence-corrected chi connectivity index (χ0v) is 12.8. The third-order valence-corrected chi connectivity index (χ3v) is 4.28. The molecule has 0 heterocycles. The molecular weight excluding hydrogens is 297 g/mol. The summed E-state index contributed by atoms with van der Waals surface area (Å²) in [6.07, 6.45) is 0. The Morgan fingerprint density at radius 3 is 2.57 bits per heavy atom. The lowest BCUT2D eigenvalue weighted by Gasteiger charge is -2.14. The van der Waals surface area contributed by atoms with E-state index < -0.39 is 32.7 Å². The van der Waals surface area contributed by atoms with Gasteiger partial charge < -0.3 is 10.6 Å².